The number of aromatic amines is 1. The van der Waals surface area contributed by atoms with Crippen LogP contribution in [-0.2, 0) is 5.41 Å². The summed E-state index contributed by atoms with van der Waals surface area (Å²) < 4.78 is 0. The Balaban J connectivity index is 1.91. The zero-order valence-electron chi connectivity index (χ0n) is 13.3. The van der Waals surface area contributed by atoms with E-state index in [1.54, 1.807) is 0 Å². The van der Waals surface area contributed by atoms with Crippen molar-refractivity contribution in [3.05, 3.63) is 34.9 Å². The topological polar surface area (TPSA) is 57.7 Å². The molecule has 0 spiro atoms. The minimum Gasteiger partial charge on any atom is -0.340 e. The van der Waals surface area contributed by atoms with Gasteiger partial charge >= 0.3 is 0 Å². The summed E-state index contributed by atoms with van der Waals surface area (Å²) in [5.74, 6) is 0.857. The molecule has 3 heterocycles. The van der Waals surface area contributed by atoms with Crippen LogP contribution >= 0.6 is 0 Å². The van der Waals surface area contributed by atoms with Crippen LogP contribution in [0.5, 0.6) is 0 Å². The third kappa shape index (κ3) is 2.64. The van der Waals surface area contributed by atoms with Crippen LogP contribution in [0.4, 0.5) is 5.95 Å². The molecular formula is C16H23N5. The van der Waals surface area contributed by atoms with Crippen molar-refractivity contribution in [1.29, 1.82) is 0 Å². The Morgan fingerprint density at radius 2 is 1.90 bits per heavy atom. The van der Waals surface area contributed by atoms with Gasteiger partial charge in [-0.1, -0.05) is 6.92 Å². The highest BCUT2D eigenvalue weighted by atomic mass is 15.3. The molecule has 0 aliphatic carbocycles. The average Bonchev–Trinajstić information content (AvgIpc) is 2.85. The van der Waals surface area contributed by atoms with Crippen molar-refractivity contribution in [2.75, 3.05) is 18.0 Å². The molecule has 0 amide bonds. The van der Waals surface area contributed by atoms with Crippen LogP contribution in [0.2, 0.25) is 0 Å². The van der Waals surface area contributed by atoms with Gasteiger partial charge in [0.25, 0.3) is 0 Å². The Hall–Kier alpha value is -1.91. The second-order valence-electron chi connectivity index (χ2n) is 6.46. The van der Waals surface area contributed by atoms with E-state index in [2.05, 4.69) is 38.9 Å². The van der Waals surface area contributed by atoms with Crippen LogP contribution < -0.4 is 4.90 Å². The molecule has 0 radical (unpaired) electrons. The van der Waals surface area contributed by atoms with Crippen LogP contribution in [0.1, 0.15) is 42.4 Å². The average molecular weight is 285 g/mol. The van der Waals surface area contributed by atoms with Crippen LogP contribution in [-0.4, -0.2) is 33.3 Å². The summed E-state index contributed by atoms with van der Waals surface area (Å²) in [6.07, 6.45) is 4.22. The van der Waals surface area contributed by atoms with Crippen LogP contribution in [0.3, 0.4) is 0 Å². The summed E-state index contributed by atoms with van der Waals surface area (Å²) in [5, 5.41) is 7.39. The maximum Gasteiger partial charge on any atom is 0.225 e. The Kier molecular flexibility index (Phi) is 3.43. The molecule has 5 heteroatoms. The minimum atomic E-state index is 0.0832. The van der Waals surface area contributed by atoms with E-state index in [1.807, 2.05) is 26.1 Å². The first-order chi connectivity index (χ1) is 9.98. The molecule has 2 aromatic rings. The largest absolute Gasteiger partial charge is 0.340 e. The first-order valence-corrected chi connectivity index (χ1v) is 7.56. The third-order valence-corrected chi connectivity index (χ3v) is 4.38. The van der Waals surface area contributed by atoms with Crippen LogP contribution in [0, 0.1) is 20.8 Å². The zero-order valence-corrected chi connectivity index (χ0v) is 13.3. The molecule has 1 atom stereocenters. The smallest absolute Gasteiger partial charge is 0.225 e. The molecule has 1 aliphatic heterocycles. The highest BCUT2D eigenvalue weighted by molar-refractivity contribution is 5.37. The summed E-state index contributed by atoms with van der Waals surface area (Å²) in [6.45, 7) is 10.4. The van der Waals surface area contributed by atoms with Gasteiger partial charge in [0.2, 0.25) is 5.95 Å². The lowest BCUT2D eigenvalue weighted by Crippen LogP contribution is -2.45. The zero-order chi connectivity index (χ0) is 15.0. The van der Waals surface area contributed by atoms with Crippen molar-refractivity contribution < 1.29 is 0 Å². The number of aromatic nitrogens is 4. The Morgan fingerprint density at radius 3 is 2.52 bits per heavy atom. The maximum absolute atomic E-state index is 4.62. The number of rotatable bonds is 2. The van der Waals surface area contributed by atoms with Gasteiger partial charge in [0.05, 0.1) is 6.20 Å². The number of nitrogens with zero attached hydrogens (tertiary/aromatic N) is 4. The molecule has 1 fully saturated rings. The molecule has 0 saturated carbocycles. The molecule has 1 N–H and O–H groups in total. The van der Waals surface area contributed by atoms with E-state index < -0.39 is 0 Å². The first kappa shape index (κ1) is 14.0. The van der Waals surface area contributed by atoms with Crippen LogP contribution in [0.15, 0.2) is 12.3 Å². The lowest BCUT2D eigenvalue weighted by Gasteiger charge is -2.40. The Labute approximate surface area is 125 Å². The fraction of sp³-hybridized carbons (Fsp3) is 0.562. The predicted octanol–water partition coefficient (Wildman–Crippen LogP) is 2.68. The van der Waals surface area contributed by atoms with E-state index in [0.29, 0.717) is 0 Å². The quantitative estimate of drug-likeness (QED) is 0.921. The summed E-state index contributed by atoms with van der Waals surface area (Å²) in [5.41, 5.74) is 4.63. The highest BCUT2D eigenvalue weighted by Crippen LogP contribution is 2.35. The Morgan fingerprint density at radius 1 is 1.19 bits per heavy atom. The molecular weight excluding hydrogens is 262 g/mol. The van der Waals surface area contributed by atoms with Gasteiger partial charge in [-0.05, 0) is 45.2 Å². The van der Waals surface area contributed by atoms with E-state index in [-0.39, 0.29) is 5.41 Å². The van der Waals surface area contributed by atoms with E-state index in [4.69, 9.17) is 0 Å². The van der Waals surface area contributed by atoms with Crippen molar-refractivity contribution in [1.82, 2.24) is 20.2 Å². The van der Waals surface area contributed by atoms with Crippen molar-refractivity contribution in [2.24, 2.45) is 0 Å². The highest BCUT2D eigenvalue weighted by Gasteiger charge is 2.36. The second kappa shape index (κ2) is 5.13. The fourth-order valence-electron chi connectivity index (χ4n) is 3.42. The number of hydrogen-bond acceptors (Lipinski definition) is 4. The number of nitrogens with one attached hydrogen (secondary N) is 1. The molecule has 3 rings (SSSR count). The number of piperidine rings is 1. The van der Waals surface area contributed by atoms with Gasteiger partial charge in [-0.15, -0.1) is 0 Å². The van der Waals surface area contributed by atoms with Crippen molar-refractivity contribution in [2.45, 2.75) is 46.0 Å². The number of aryl methyl sites for hydroxylation is 3. The second-order valence-corrected chi connectivity index (χ2v) is 6.46. The lowest BCUT2D eigenvalue weighted by molar-refractivity contribution is 0.359. The van der Waals surface area contributed by atoms with Crippen molar-refractivity contribution in [3.8, 4) is 0 Å². The first-order valence-electron chi connectivity index (χ1n) is 7.56. The summed E-state index contributed by atoms with van der Waals surface area (Å²) in [7, 11) is 0. The summed E-state index contributed by atoms with van der Waals surface area (Å²) in [4.78, 5) is 11.5. The van der Waals surface area contributed by atoms with Gasteiger partial charge in [-0.3, -0.25) is 5.10 Å². The van der Waals surface area contributed by atoms with E-state index in [0.717, 1.165) is 43.3 Å². The monoisotopic (exact) mass is 285 g/mol. The molecule has 112 valence electrons. The van der Waals surface area contributed by atoms with E-state index >= 15 is 0 Å². The summed E-state index contributed by atoms with van der Waals surface area (Å²) in [6, 6.07) is 2.02. The van der Waals surface area contributed by atoms with Crippen molar-refractivity contribution in [3.63, 3.8) is 0 Å². The molecule has 5 nitrogen and oxygen atoms in total. The molecule has 1 saturated heterocycles. The lowest BCUT2D eigenvalue weighted by atomic mass is 9.78. The molecule has 0 aromatic carbocycles. The Bertz CT molecular complexity index is 628. The number of H-pyrrole nitrogens is 1. The van der Waals surface area contributed by atoms with Gasteiger partial charge in [-0.2, -0.15) is 5.10 Å². The van der Waals surface area contributed by atoms with Gasteiger partial charge in [0.1, 0.15) is 0 Å². The van der Waals surface area contributed by atoms with Gasteiger partial charge in [0, 0.05) is 35.6 Å². The molecule has 1 aliphatic rings. The normalized spacial score (nSPS) is 22.6. The molecule has 2 aromatic heterocycles. The molecule has 0 bridgehead atoms. The van der Waals surface area contributed by atoms with Crippen LogP contribution in [0.25, 0.3) is 0 Å². The fourth-order valence-corrected chi connectivity index (χ4v) is 3.42. The maximum atomic E-state index is 4.62. The minimum absolute atomic E-state index is 0.0832. The van der Waals surface area contributed by atoms with E-state index in [1.165, 1.54) is 11.3 Å². The van der Waals surface area contributed by atoms with E-state index in [9.17, 15) is 0 Å². The number of anilines is 1. The summed E-state index contributed by atoms with van der Waals surface area (Å²) >= 11 is 0. The van der Waals surface area contributed by atoms with Crippen molar-refractivity contribution >= 4 is 5.95 Å². The van der Waals surface area contributed by atoms with Gasteiger partial charge in [-0.25, -0.2) is 9.97 Å². The van der Waals surface area contributed by atoms with Gasteiger partial charge in [0.15, 0.2) is 0 Å². The number of hydrogen-bond donors (Lipinski definition) is 1. The molecule has 21 heavy (non-hydrogen) atoms. The third-order valence-electron chi connectivity index (χ3n) is 4.38. The van der Waals surface area contributed by atoms with Gasteiger partial charge < -0.3 is 4.90 Å². The molecule has 1 unspecified atom stereocenters. The SMILES string of the molecule is Cc1cc(C)nc(N2CCCC(C)(c3[nH]ncc3C)C2)n1. The standard InChI is InChI=1S/C16H23N5/c1-11-9-17-20-14(11)16(4)6-5-7-21(10-16)15-18-12(2)8-13(3)19-15/h8-9H,5-7,10H2,1-4H3,(H,17,20). The predicted molar refractivity (Wildman–Crippen MR) is 83.6 cm³/mol.